The van der Waals surface area contributed by atoms with E-state index < -0.39 is 34.8 Å². The van der Waals surface area contributed by atoms with Crippen molar-refractivity contribution in [3.8, 4) is 16.9 Å². The predicted molar refractivity (Wildman–Crippen MR) is 119 cm³/mol. The van der Waals surface area contributed by atoms with E-state index in [0.717, 1.165) is 11.6 Å². The third kappa shape index (κ3) is 3.61. The largest absolute Gasteiger partial charge is 0.364 e. The summed E-state index contributed by atoms with van der Waals surface area (Å²) in [7, 11) is 0. The topological polar surface area (TPSA) is 90.0 Å². The Bertz CT molecular complexity index is 1480. The number of nitrogens with zero attached hydrogens (tertiary/aromatic N) is 2. The zero-order valence-corrected chi connectivity index (χ0v) is 17.6. The Hall–Kier alpha value is -4.40. The highest BCUT2D eigenvalue weighted by Gasteiger charge is 2.28. The second-order valence-electron chi connectivity index (χ2n) is 7.86. The minimum Gasteiger partial charge on any atom is -0.364 e. The molecule has 4 aromatic rings. The van der Waals surface area contributed by atoms with Crippen LogP contribution in [-0.2, 0) is 12.8 Å². The van der Waals surface area contributed by atoms with Crippen LogP contribution in [0.5, 0.6) is 0 Å². The number of hydrogen-bond donors (Lipinski definition) is 2. The number of carbonyl (C=O) groups excluding carboxylic acids is 2. The first-order chi connectivity index (χ1) is 16.3. The molecule has 0 fully saturated rings. The van der Waals surface area contributed by atoms with E-state index in [4.69, 9.17) is 5.73 Å². The summed E-state index contributed by atoms with van der Waals surface area (Å²) >= 11 is 0. The summed E-state index contributed by atoms with van der Waals surface area (Å²) in [5.41, 5.74) is 8.66. The van der Waals surface area contributed by atoms with Gasteiger partial charge in [-0.3, -0.25) is 9.59 Å². The highest BCUT2D eigenvalue weighted by Crippen LogP contribution is 2.38. The molecular formula is C25H17F3N4O2. The summed E-state index contributed by atoms with van der Waals surface area (Å²) in [6.45, 7) is 0. The van der Waals surface area contributed by atoms with Crippen molar-refractivity contribution in [3.63, 3.8) is 0 Å². The van der Waals surface area contributed by atoms with Crippen LogP contribution in [0.1, 0.15) is 32.0 Å². The first kappa shape index (κ1) is 21.4. The van der Waals surface area contributed by atoms with Gasteiger partial charge >= 0.3 is 0 Å². The highest BCUT2D eigenvalue weighted by atomic mass is 19.2. The Morgan fingerprint density at radius 2 is 1.76 bits per heavy atom. The van der Waals surface area contributed by atoms with Gasteiger partial charge in [0.2, 0.25) is 0 Å². The first-order valence-electron chi connectivity index (χ1n) is 10.4. The number of rotatable bonds is 4. The molecule has 34 heavy (non-hydrogen) atoms. The third-order valence-corrected chi connectivity index (χ3v) is 5.73. The molecule has 3 N–H and O–H groups in total. The van der Waals surface area contributed by atoms with Crippen molar-refractivity contribution in [2.75, 3.05) is 5.32 Å². The summed E-state index contributed by atoms with van der Waals surface area (Å²) < 4.78 is 43.0. The number of primary amides is 1. The van der Waals surface area contributed by atoms with Gasteiger partial charge in [0.1, 0.15) is 5.82 Å². The van der Waals surface area contributed by atoms with Crippen LogP contribution in [0.3, 0.4) is 0 Å². The molecule has 6 nitrogen and oxygen atoms in total. The third-order valence-electron chi connectivity index (χ3n) is 5.73. The molecule has 0 spiro atoms. The van der Waals surface area contributed by atoms with Gasteiger partial charge < -0.3 is 11.1 Å². The zero-order chi connectivity index (χ0) is 24.0. The maximum atomic E-state index is 14.1. The van der Waals surface area contributed by atoms with Gasteiger partial charge in [-0.2, -0.15) is 5.10 Å². The molecule has 9 heteroatoms. The Balaban J connectivity index is 1.61. The number of aromatic nitrogens is 2. The first-order valence-corrected chi connectivity index (χ1v) is 10.4. The van der Waals surface area contributed by atoms with Crippen molar-refractivity contribution in [3.05, 3.63) is 100 Å². The fourth-order valence-electron chi connectivity index (χ4n) is 4.19. The van der Waals surface area contributed by atoms with Crippen LogP contribution >= 0.6 is 0 Å². The average molecular weight is 462 g/mol. The van der Waals surface area contributed by atoms with Crippen molar-refractivity contribution >= 4 is 17.5 Å². The standard InChI is InChI=1S/C25H17F3N4O2/c26-14-3-1-4-16(11-14)32-23-18(22(31-32)24(29)33)10-8-13-7-9-15(12-19(13)23)30-25(34)17-5-2-6-20(27)21(17)28/h1-7,9,11-12H,8,10H2,(H2,29,33)(H,30,34). The number of benzene rings is 3. The minimum atomic E-state index is -1.24. The lowest BCUT2D eigenvalue weighted by molar-refractivity contribution is 0.0991. The lowest BCUT2D eigenvalue weighted by atomic mass is 9.88. The summed E-state index contributed by atoms with van der Waals surface area (Å²) in [4.78, 5) is 24.7. The van der Waals surface area contributed by atoms with E-state index in [0.29, 0.717) is 41.0 Å². The molecule has 0 saturated heterocycles. The number of anilines is 1. The Kier molecular flexibility index (Phi) is 5.16. The van der Waals surface area contributed by atoms with Crippen LogP contribution in [0.15, 0.2) is 60.7 Å². The molecule has 170 valence electrons. The summed E-state index contributed by atoms with van der Waals surface area (Å²) in [5.74, 6) is -4.36. The van der Waals surface area contributed by atoms with Gasteiger partial charge in [-0.1, -0.05) is 18.2 Å². The molecule has 0 aliphatic heterocycles. The number of halogens is 3. The van der Waals surface area contributed by atoms with Gasteiger partial charge in [-0.05, 0) is 60.9 Å². The van der Waals surface area contributed by atoms with Crippen LogP contribution < -0.4 is 11.1 Å². The van der Waals surface area contributed by atoms with Gasteiger partial charge in [-0.25, -0.2) is 17.9 Å². The van der Waals surface area contributed by atoms with Crippen molar-refractivity contribution in [1.29, 1.82) is 0 Å². The fraction of sp³-hybridized carbons (Fsp3) is 0.0800. The maximum absolute atomic E-state index is 14.1. The van der Waals surface area contributed by atoms with Crippen LogP contribution in [0, 0.1) is 17.5 Å². The number of nitrogens with one attached hydrogen (secondary N) is 1. The number of aryl methyl sites for hydroxylation is 1. The van der Waals surface area contributed by atoms with Crippen LogP contribution in [0.2, 0.25) is 0 Å². The van der Waals surface area contributed by atoms with E-state index in [1.54, 1.807) is 24.3 Å². The van der Waals surface area contributed by atoms with Gasteiger partial charge in [0, 0.05) is 16.8 Å². The van der Waals surface area contributed by atoms with E-state index in [1.165, 1.54) is 35.0 Å². The van der Waals surface area contributed by atoms with Gasteiger partial charge in [-0.15, -0.1) is 0 Å². The Morgan fingerprint density at radius 3 is 2.53 bits per heavy atom. The predicted octanol–water partition coefficient (Wildman–Crippen LogP) is 4.41. The normalized spacial score (nSPS) is 12.1. The number of nitrogens with two attached hydrogens (primary N) is 1. The SMILES string of the molecule is NC(=O)c1nn(-c2cccc(F)c2)c2c1CCc1ccc(NC(=O)c3cccc(F)c3F)cc1-2. The quantitative estimate of drug-likeness (QED) is 0.471. The summed E-state index contributed by atoms with van der Waals surface area (Å²) in [6, 6.07) is 14.2. The van der Waals surface area contributed by atoms with Crippen LogP contribution in [0.25, 0.3) is 16.9 Å². The van der Waals surface area contributed by atoms with Crippen LogP contribution in [0.4, 0.5) is 18.9 Å². The maximum Gasteiger partial charge on any atom is 0.269 e. The lowest BCUT2D eigenvalue weighted by Gasteiger charge is -2.20. The van der Waals surface area contributed by atoms with E-state index in [9.17, 15) is 22.8 Å². The molecule has 0 radical (unpaired) electrons. The minimum absolute atomic E-state index is 0.0844. The number of fused-ring (bicyclic) bond motifs is 3. The molecule has 0 unspecified atom stereocenters. The van der Waals surface area contributed by atoms with E-state index in [-0.39, 0.29) is 5.69 Å². The molecule has 5 rings (SSSR count). The monoisotopic (exact) mass is 462 g/mol. The zero-order valence-electron chi connectivity index (χ0n) is 17.6. The summed E-state index contributed by atoms with van der Waals surface area (Å²) in [5, 5.41) is 6.94. The highest BCUT2D eigenvalue weighted by molar-refractivity contribution is 6.05. The second kappa shape index (κ2) is 8.18. The molecule has 1 aliphatic carbocycles. The second-order valence-corrected chi connectivity index (χ2v) is 7.86. The fourth-order valence-corrected chi connectivity index (χ4v) is 4.19. The molecule has 1 heterocycles. The number of amides is 2. The smallest absolute Gasteiger partial charge is 0.269 e. The molecule has 0 bridgehead atoms. The molecular weight excluding hydrogens is 445 g/mol. The van der Waals surface area contributed by atoms with Crippen molar-refractivity contribution in [2.24, 2.45) is 5.73 Å². The molecule has 3 aromatic carbocycles. The lowest BCUT2D eigenvalue weighted by Crippen LogP contribution is -2.16. The molecule has 1 aliphatic rings. The van der Waals surface area contributed by atoms with Crippen molar-refractivity contribution in [1.82, 2.24) is 9.78 Å². The van der Waals surface area contributed by atoms with Gasteiger partial charge in [0.25, 0.3) is 11.8 Å². The van der Waals surface area contributed by atoms with Crippen LogP contribution in [-0.4, -0.2) is 21.6 Å². The molecule has 0 saturated carbocycles. The van der Waals surface area contributed by atoms with Gasteiger partial charge in [0.05, 0.1) is 16.9 Å². The Labute approximate surface area is 191 Å². The van der Waals surface area contributed by atoms with Crippen molar-refractivity contribution < 1.29 is 22.8 Å². The Morgan fingerprint density at radius 1 is 0.971 bits per heavy atom. The summed E-state index contributed by atoms with van der Waals surface area (Å²) in [6.07, 6.45) is 1.08. The van der Waals surface area contributed by atoms with E-state index >= 15 is 0 Å². The van der Waals surface area contributed by atoms with Gasteiger partial charge in [0.15, 0.2) is 17.3 Å². The number of hydrogen-bond acceptors (Lipinski definition) is 3. The average Bonchev–Trinajstić information content (AvgIpc) is 3.21. The number of carbonyl (C=O) groups is 2. The van der Waals surface area contributed by atoms with E-state index in [1.807, 2.05) is 0 Å². The molecule has 0 atom stereocenters. The molecule has 2 amide bonds. The van der Waals surface area contributed by atoms with Crippen molar-refractivity contribution in [2.45, 2.75) is 12.8 Å². The van der Waals surface area contributed by atoms with E-state index in [2.05, 4.69) is 10.4 Å². The molecule has 1 aromatic heterocycles.